The molecule has 0 N–H and O–H groups in total. The zero-order valence-electron chi connectivity index (χ0n) is 51.6. The van der Waals surface area contributed by atoms with Crippen LogP contribution in [0.3, 0.4) is 0 Å². The van der Waals surface area contributed by atoms with Crippen molar-refractivity contribution in [3.05, 3.63) is 187 Å². The average Bonchev–Trinajstić information content (AvgIpc) is 3.32. The lowest BCUT2D eigenvalue weighted by Crippen LogP contribution is -2.24. The van der Waals surface area contributed by atoms with Gasteiger partial charge in [-0.3, -0.25) is 0 Å². The largest absolute Gasteiger partial charge is 0.310 e. The van der Waals surface area contributed by atoms with Gasteiger partial charge in [-0.05, 0) is 96.8 Å². The second-order valence-electron chi connectivity index (χ2n) is 10.8. The van der Waals surface area contributed by atoms with Gasteiger partial charge in [0.15, 0.2) is 0 Å². The van der Waals surface area contributed by atoms with E-state index in [4.69, 9.17) is 23.3 Å². The zero-order chi connectivity index (χ0) is 55.5. The molecule has 48 heavy (non-hydrogen) atoms. The number of anilines is 3. The van der Waals surface area contributed by atoms with Gasteiger partial charge in [0.05, 0.1) is 34.5 Å². The normalized spacial score (nSPS) is 21.5. The predicted molar refractivity (Wildman–Crippen MR) is 205 cm³/mol. The number of benzene rings is 8. The second kappa shape index (κ2) is 11.1. The minimum absolute atomic E-state index is 0.333. The van der Waals surface area contributed by atoms with E-state index in [2.05, 4.69) is 0 Å². The van der Waals surface area contributed by atoms with Gasteiger partial charge in [-0.15, -0.1) is 0 Å². The van der Waals surface area contributed by atoms with Crippen LogP contribution in [0.2, 0.25) is 0 Å². The van der Waals surface area contributed by atoms with Crippen LogP contribution in [0.15, 0.2) is 175 Å². The second-order valence-corrected chi connectivity index (χ2v) is 10.8. The fraction of sp³-hybridized carbons (Fsp3) is 0.0638. The number of rotatable bonds is 5. The topological polar surface area (TPSA) is 3.24 Å². The Kier molecular flexibility index (Phi) is 2.77. The maximum atomic E-state index is 10.1. The number of hydrogen-bond donors (Lipinski definition) is 0. The summed E-state index contributed by atoms with van der Waals surface area (Å²) in [5.74, 6) is 0. The minimum Gasteiger partial charge on any atom is -0.310 e. The molecule has 1 aliphatic carbocycles. The Morgan fingerprint density at radius 1 is 0.500 bits per heavy atom. The lowest BCUT2D eigenvalue weighted by Gasteiger charge is -2.38. The summed E-state index contributed by atoms with van der Waals surface area (Å²) in [6.45, 7) is -7.70. The van der Waals surface area contributed by atoms with Gasteiger partial charge < -0.3 is 4.90 Å². The molecule has 0 spiro atoms. The monoisotopic (exact) mass is 640 g/mol. The van der Waals surface area contributed by atoms with Crippen LogP contribution in [0, 0.1) is 0 Å². The van der Waals surface area contributed by atoms with Crippen molar-refractivity contribution in [1.29, 1.82) is 0 Å². The lowest BCUT2D eigenvalue weighted by atomic mass is 9.67. The highest BCUT2D eigenvalue weighted by atomic mass is 15.1. The molecule has 0 atom stereocenters. The molecule has 228 valence electrons. The van der Waals surface area contributed by atoms with Crippen molar-refractivity contribution >= 4 is 38.6 Å². The molecular weight excluding hydrogens is 579 g/mol. The summed E-state index contributed by atoms with van der Waals surface area (Å²) < 4.78 is 245. The molecule has 8 aromatic rings. The highest BCUT2D eigenvalue weighted by Crippen LogP contribution is 2.54. The number of hydrogen-bond acceptors (Lipinski definition) is 1. The van der Waals surface area contributed by atoms with Gasteiger partial charge in [0.25, 0.3) is 0 Å². The van der Waals surface area contributed by atoms with Crippen molar-refractivity contribution in [3.8, 4) is 33.4 Å². The van der Waals surface area contributed by atoms with Crippen LogP contribution in [0.5, 0.6) is 0 Å². The van der Waals surface area contributed by atoms with Gasteiger partial charge in [-0.1, -0.05) is 153 Å². The molecule has 0 bridgehead atoms. The van der Waals surface area contributed by atoms with E-state index in [0.29, 0.717) is 0 Å². The van der Waals surface area contributed by atoms with Gasteiger partial charge in [-0.2, -0.15) is 0 Å². The van der Waals surface area contributed by atoms with Crippen molar-refractivity contribution < 1.29 is 37.0 Å². The SMILES string of the molecule is [2H]c1cc([2H])c([2H])c(-c2cc([2H])c3c(c2[2H])-c2c(N(c4ccc(-c5c([2H])cc([2H])c([2H])c5[2H])c([2H])c4[2H])c4c([2H])c([2H])c5c([2H])c([2H])c([2H])cc5c4[2H])c([2H])c([2H])c4cc([2H])c([2H])c(c24)C3(C([2H])([2H])[2H])C([2H])([2H])[2H])c1. The summed E-state index contributed by atoms with van der Waals surface area (Å²) in [6.07, 6.45) is 0. The summed E-state index contributed by atoms with van der Waals surface area (Å²) in [5, 5.41) is -2.12. The summed E-state index contributed by atoms with van der Waals surface area (Å²) in [4.78, 5) is 0.733. The van der Waals surface area contributed by atoms with Gasteiger partial charge >= 0.3 is 0 Å². The first kappa shape index (κ1) is 12.0. The fourth-order valence-corrected chi connectivity index (χ4v) is 5.84. The van der Waals surface area contributed by atoms with Crippen LogP contribution in [-0.2, 0) is 5.41 Å². The van der Waals surface area contributed by atoms with Gasteiger partial charge in [0.1, 0.15) is 0 Å². The first-order valence-corrected chi connectivity index (χ1v) is 14.5. The molecule has 0 saturated heterocycles. The van der Waals surface area contributed by atoms with Crippen LogP contribution in [0.1, 0.15) is 61.8 Å². The molecule has 1 heteroatoms. The van der Waals surface area contributed by atoms with Gasteiger partial charge in [0.2, 0.25) is 0 Å². The molecule has 0 aromatic heterocycles. The van der Waals surface area contributed by atoms with Crippen LogP contribution < -0.4 is 4.90 Å². The lowest BCUT2D eigenvalue weighted by molar-refractivity contribution is 0.645. The van der Waals surface area contributed by atoms with Gasteiger partial charge in [-0.25, -0.2) is 0 Å². The summed E-state index contributed by atoms with van der Waals surface area (Å²) in [7, 11) is 0. The first-order chi connectivity index (χ1) is 34.8. The molecule has 0 aliphatic heterocycles. The Hall–Kier alpha value is -5.92. The van der Waals surface area contributed by atoms with Crippen molar-refractivity contribution in [3.63, 3.8) is 0 Å². The highest BCUT2D eigenvalue weighted by molar-refractivity contribution is 6.10. The third kappa shape index (κ3) is 4.54. The minimum atomic E-state index is -3.85. The quantitative estimate of drug-likeness (QED) is 0.181. The Bertz CT molecular complexity index is 3880. The molecule has 1 aliphatic rings. The van der Waals surface area contributed by atoms with E-state index in [1.807, 2.05) is 0 Å². The smallest absolute Gasteiger partial charge is 0.0651 e. The Morgan fingerprint density at radius 3 is 2.31 bits per heavy atom. The third-order valence-electron chi connectivity index (χ3n) is 8.03. The van der Waals surface area contributed by atoms with Crippen molar-refractivity contribution in [2.45, 2.75) is 19.1 Å². The molecule has 0 amide bonds. The summed E-state index contributed by atoms with van der Waals surface area (Å²) in [5.41, 5.74) is -10.9. The third-order valence-corrected chi connectivity index (χ3v) is 8.03. The Morgan fingerprint density at radius 2 is 1.35 bits per heavy atom. The van der Waals surface area contributed by atoms with E-state index >= 15 is 0 Å². The van der Waals surface area contributed by atoms with E-state index in [0.717, 1.165) is 53.4 Å². The van der Waals surface area contributed by atoms with E-state index in [1.54, 1.807) is 0 Å². The standard InChI is InChI=1S/C47H35N/c1-47(2)42-28-23-38(33-14-7-4-8-15-33)31-41(42)46-44(29-24-36-18-11-19-43(47)45(36)46)48(40-27-22-34-16-9-10-17-37(34)30-40)39-25-20-35(21-26-39)32-12-5-3-6-13-32/h3-31H,1-2H3/i1D3,2D3,3D,5D,7D,8D,9D,10D,11D,12D,13D,14D,16D,19D,20D,22D,24D,25D,27D,28D,29D,30D,31D. The van der Waals surface area contributed by atoms with E-state index in [9.17, 15) is 13.7 Å². The van der Waals surface area contributed by atoms with E-state index in [1.165, 1.54) is 0 Å². The summed E-state index contributed by atoms with van der Waals surface area (Å²) >= 11 is 0. The highest BCUT2D eigenvalue weighted by Gasteiger charge is 2.35. The molecule has 0 heterocycles. The van der Waals surface area contributed by atoms with Gasteiger partial charge in [0, 0.05) is 30.6 Å². The Labute approximate surface area is 320 Å². The molecular formula is C47H35N. The number of nitrogens with zero attached hydrogens (tertiary/aromatic N) is 1. The van der Waals surface area contributed by atoms with Crippen LogP contribution in [0.4, 0.5) is 17.1 Å². The van der Waals surface area contributed by atoms with Crippen LogP contribution in [-0.4, -0.2) is 0 Å². The van der Waals surface area contributed by atoms with Crippen molar-refractivity contribution in [1.82, 2.24) is 0 Å². The van der Waals surface area contributed by atoms with E-state index < -0.39 is 206 Å². The van der Waals surface area contributed by atoms with Crippen LogP contribution in [0.25, 0.3) is 54.9 Å². The maximum Gasteiger partial charge on any atom is 0.0651 e. The maximum absolute atomic E-state index is 10.1. The molecule has 8 aromatic carbocycles. The molecule has 0 saturated carbocycles. The van der Waals surface area contributed by atoms with Crippen molar-refractivity contribution in [2.75, 3.05) is 4.90 Å². The van der Waals surface area contributed by atoms with Crippen LogP contribution >= 0.6 is 0 Å². The molecule has 0 unspecified atom stereocenters. The zero-order valence-corrected chi connectivity index (χ0v) is 24.6. The molecule has 0 radical (unpaired) electrons. The molecule has 0 fully saturated rings. The van der Waals surface area contributed by atoms with E-state index in [-0.39, 0.29) is 22.7 Å². The average molecular weight is 641 g/mol. The fourth-order valence-electron chi connectivity index (χ4n) is 5.84. The first-order valence-electron chi connectivity index (χ1n) is 28.0. The predicted octanol–water partition coefficient (Wildman–Crippen LogP) is 13.1. The summed E-state index contributed by atoms with van der Waals surface area (Å²) in [6, 6.07) is -8.25. The Balaban J connectivity index is 1.61. The number of fused-ring (bicyclic) bond motifs is 3. The molecule has 9 rings (SSSR count). The van der Waals surface area contributed by atoms with Crippen molar-refractivity contribution in [2.24, 2.45) is 0 Å². The molecule has 1 nitrogen and oxygen atoms in total.